The Morgan fingerprint density at radius 2 is 1.85 bits per heavy atom. The van der Waals surface area contributed by atoms with E-state index >= 15 is 0 Å². The number of hydrogen-bond acceptors (Lipinski definition) is 7. The van der Waals surface area contributed by atoms with Gasteiger partial charge in [0, 0.05) is 5.69 Å². The lowest BCUT2D eigenvalue weighted by molar-refractivity contribution is -0.117. The van der Waals surface area contributed by atoms with Crippen molar-refractivity contribution in [2.75, 3.05) is 11.5 Å². The van der Waals surface area contributed by atoms with Gasteiger partial charge in [-0.2, -0.15) is 0 Å². The number of rotatable bonds is 6. The first-order valence-electron chi connectivity index (χ1n) is 10.8. The van der Waals surface area contributed by atoms with Crippen LogP contribution in [-0.2, 0) is 9.53 Å². The molecule has 3 aromatic rings. The molecule has 0 fully saturated rings. The average Bonchev–Trinajstić information content (AvgIpc) is 3.29. The van der Waals surface area contributed by atoms with Crippen molar-refractivity contribution < 1.29 is 24.2 Å². The van der Waals surface area contributed by atoms with Gasteiger partial charge in [-0.3, -0.25) is 14.5 Å². The summed E-state index contributed by atoms with van der Waals surface area (Å²) in [5.41, 5.74) is 2.73. The van der Waals surface area contributed by atoms with Crippen LogP contribution < -0.4 is 4.90 Å². The molecule has 34 heavy (non-hydrogen) atoms. The quantitative estimate of drug-likeness (QED) is 0.396. The smallest absolute Gasteiger partial charge is 0.338 e. The van der Waals surface area contributed by atoms with Crippen molar-refractivity contribution in [1.29, 1.82) is 0 Å². The Morgan fingerprint density at radius 3 is 2.50 bits per heavy atom. The van der Waals surface area contributed by atoms with Gasteiger partial charge in [-0.05, 0) is 57.0 Å². The number of benzene rings is 2. The number of esters is 1. The van der Waals surface area contributed by atoms with Gasteiger partial charge in [0.05, 0.1) is 39.4 Å². The zero-order chi connectivity index (χ0) is 24.6. The molecule has 174 valence electrons. The van der Waals surface area contributed by atoms with Crippen LogP contribution in [0.5, 0.6) is 0 Å². The number of carbonyl (C=O) groups is 3. The van der Waals surface area contributed by atoms with Crippen molar-refractivity contribution in [2.24, 2.45) is 0 Å². The molecule has 8 heteroatoms. The van der Waals surface area contributed by atoms with Crippen LogP contribution in [0.2, 0.25) is 0 Å². The Morgan fingerprint density at radius 1 is 1.12 bits per heavy atom. The molecule has 2 heterocycles. The van der Waals surface area contributed by atoms with Gasteiger partial charge in [-0.15, -0.1) is 11.3 Å². The molecule has 0 saturated carbocycles. The number of hydrogen-bond donors (Lipinski definition) is 1. The first-order valence-corrected chi connectivity index (χ1v) is 11.6. The zero-order valence-electron chi connectivity index (χ0n) is 19.3. The molecule has 0 aliphatic carbocycles. The number of Topliss-reactive ketones (excluding diaryl/α,β-unsaturated/α-hetero) is 1. The second-order valence-corrected chi connectivity index (χ2v) is 9.15. The largest absolute Gasteiger partial charge is 0.503 e. The van der Waals surface area contributed by atoms with E-state index in [1.165, 1.54) is 22.3 Å². The van der Waals surface area contributed by atoms with Gasteiger partial charge >= 0.3 is 5.97 Å². The monoisotopic (exact) mass is 476 g/mol. The maximum Gasteiger partial charge on any atom is 0.338 e. The first kappa shape index (κ1) is 23.4. The standard InChI is InChI=1S/C26H24N2O5S/c1-5-33-26(32)17-10-8-11-18(13-17)28-21(19-12-7-6-9-14(19)2)20(23(30)25(28)31)22(29)24-15(3)27-16(4)34-24/h6-13,21,30H,5H2,1-4H3. The summed E-state index contributed by atoms with van der Waals surface area (Å²) in [7, 11) is 0. The number of aryl methyl sites for hydroxylation is 3. The summed E-state index contributed by atoms with van der Waals surface area (Å²) in [6.07, 6.45) is 0. The molecule has 1 unspecified atom stereocenters. The van der Waals surface area contributed by atoms with Crippen molar-refractivity contribution in [3.05, 3.63) is 92.1 Å². The summed E-state index contributed by atoms with van der Waals surface area (Å²) in [6, 6.07) is 12.9. The summed E-state index contributed by atoms with van der Waals surface area (Å²) in [5.74, 6) is -2.28. The minimum absolute atomic E-state index is 0.00686. The van der Waals surface area contributed by atoms with Crippen molar-refractivity contribution in [1.82, 2.24) is 4.98 Å². The molecule has 1 atom stereocenters. The van der Waals surface area contributed by atoms with Gasteiger partial charge in [-0.25, -0.2) is 9.78 Å². The number of amides is 1. The molecule has 0 bridgehead atoms. The fraction of sp³-hybridized carbons (Fsp3) is 0.231. The third-order valence-corrected chi connectivity index (χ3v) is 6.75. The van der Waals surface area contributed by atoms with E-state index in [2.05, 4.69) is 4.98 Å². The highest BCUT2D eigenvalue weighted by Gasteiger charge is 2.45. The summed E-state index contributed by atoms with van der Waals surface area (Å²) in [4.78, 5) is 45.4. The van der Waals surface area contributed by atoms with E-state index in [1.54, 1.807) is 39.0 Å². The highest BCUT2D eigenvalue weighted by atomic mass is 32.1. The fourth-order valence-corrected chi connectivity index (χ4v) is 5.03. The number of nitrogens with zero attached hydrogens (tertiary/aromatic N) is 2. The predicted molar refractivity (Wildman–Crippen MR) is 129 cm³/mol. The molecular weight excluding hydrogens is 452 g/mol. The Hall–Kier alpha value is -3.78. The molecule has 1 amide bonds. The van der Waals surface area contributed by atoms with E-state index in [1.807, 2.05) is 31.2 Å². The minimum atomic E-state index is -0.875. The van der Waals surface area contributed by atoms with E-state index in [0.717, 1.165) is 10.6 Å². The number of ketones is 1. The molecular formula is C26H24N2O5S. The number of aromatic nitrogens is 1. The number of carbonyl (C=O) groups excluding carboxylic acids is 3. The Labute approximate surface area is 201 Å². The highest BCUT2D eigenvalue weighted by molar-refractivity contribution is 7.14. The first-order chi connectivity index (χ1) is 16.2. The summed E-state index contributed by atoms with van der Waals surface area (Å²) >= 11 is 1.23. The average molecular weight is 477 g/mol. The van der Waals surface area contributed by atoms with Gasteiger partial charge in [0.2, 0.25) is 5.78 Å². The van der Waals surface area contributed by atoms with Crippen molar-refractivity contribution in [3.63, 3.8) is 0 Å². The lowest BCUT2D eigenvalue weighted by atomic mass is 9.92. The molecule has 1 aliphatic rings. The second-order valence-electron chi connectivity index (χ2n) is 7.94. The third-order valence-electron chi connectivity index (χ3n) is 5.68. The van der Waals surface area contributed by atoms with E-state index in [9.17, 15) is 19.5 Å². The minimum Gasteiger partial charge on any atom is -0.503 e. The predicted octanol–water partition coefficient (Wildman–Crippen LogP) is 5.03. The molecule has 4 rings (SSSR count). The van der Waals surface area contributed by atoms with Gasteiger partial charge in [0.15, 0.2) is 5.76 Å². The van der Waals surface area contributed by atoms with Crippen LogP contribution in [0.25, 0.3) is 0 Å². The van der Waals surface area contributed by atoms with Crippen LogP contribution in [0.1, 0.15) is 54.8 Å². The second kappa shape index (κ2) is 9.23. The van der Waals surface area contributed by atoms with Crippen LogP contribution in [0.15, 0.2) is 59.9 Å². The molecule has 2 aromatic carbocycles. The van der Waals surface area contributed by atoms with Crippen LogP contribution in [-0.4, -0.2) is 34.4 Å². The highest BCUT2D eigenvalue weighted by Crippen LogP contribution is 2.43. The van der Waals surface area contributed by atoms with Gasteiger partial charge in [-0.1, -0.05) is 30.3 Å². The summed E-state index contributed by atoms with van der Waals surface area (Å²) < 4.78 is 5.09. The third kappa shape index (κ3) is 4.01. The number of ether oxygens (including phenoxy) is 1. The van der Waals surface area contributed by atoms with E-state index < -0.39 is 29.5 Å². The normalized spacial score (nSPS) is 15.7. The number of aliphatic hydroxyl groups excluding tert-OH is 1. The topological polar surface area (TPSA) is 96.8 Å². The van der Waals surface area contributed by atoms with Gasteiger partial charge in [0.1, 0.15) is 0 Å². The Kier molecular flexibility index (Phi) is 6.34. The lowest BCUT2D eigenvalue weighted by Crippen LogP contribution is -2.31. The molecule has 1 aromatic heterocycles. The van der Waals surface area contributed by atoms with Crippen LogP contribution >= 0.6 is 11.3 Å². The fourth-order valence-electron chi connectivity index (χ4n) is 4.15. The lowest BCUT2D eigenvalue weighted by Gasteiger charge is -2.28. The van der Waals surface area contributed by atoms with Crippen LogP contribution in [0, 0.1) is 20.8 Å². The zero-order valence-corrected chi connectivity index (χ0v) is 20.1. The van der Waals surface area contributed by atoms with Gasteiger partial charge in [0.25, 0.3) is 5.91 Å². The molecule has 1 N–H and O–H groups in total. The molecule has 0 saturated heterocycles. The van der Waals surface area contributed by atoms with E-state index in [-0.39, 0.29) is 17.7 Å². The van der Waals surface area contributed by atoms with E-state index in [4.69, 9.17) is 4.74 Å². The molecule has 1 aliphatic heterocycles. The van der Waals surface area contributed by atoms with Crippen molar-refractivity contribution >= 4 is 34.7 Å². The maximum absolute atomic E-state index is 13.7. The van der Waals surface area contributed by atoms with E-state index in [0.29, 0.717) is 21.8 Å². The van der Waals surface area contributed by atoms with Crippen molar-refractivity contribution in [2.45, 2.75) is 33.7 Å². The number of aliphatic hydroxyl groups is 1. The number of thiazole rings is 1. The maximum atomic E-state index is 13.7. The Balaban J connectivity index is 1.89. The Bertz CT molecular complexity index is 1340. The van der Waals surface area contributed by atoms with Crippen LogP contribution in [0.4, 0.5) is 5.69 Å². The summed E-state index contributed by atoms with van der Waals surface area (Å²) in [5, 5.41) is 11.7. The van der Waals surface area contributed by atoms with Gasteiger partial charge < -0.3 is 9.84 Å². The molecule has 7 nitrogen and oxygen atoms in total. The molecule has 0 radical (unpaired) electrons. The number of anilines is 1. The van der Waals surface area contributed by atoms with Crippen molar-refractivity contribution in [3.8, 4) is 0 Å². The molecule has 0 spiro atoms. The SMILES string of the molecule is CCOC(=O)c1cccc(N2C(=O)C(O)=C(C(=O)c3sc(C)nc3C)C2c2ccccc2C)c1. The van der Waals surface area contributed by atoms with Crippen LogP contribution in [0.3, 0.4) is 0 Å². The summed E-state index contributed by atoms with van der Waals surface area (Å²) in [6.45, 7) is 7.34.